The Morgan fingerprint density at radius 3 is 2.82 bits per heavy atom. The molecule has 1 aliphatic heterocycles. The van der Waals surface area contributed by atoms with E-state index in [0.29, 0.717) is 6.04 Å². The number of rotatable bonds is 5. The van der Waals surface area contributed by atoms with Gasteiger partial charge >= 0.3 is 0 Å². The Bertz CT molecular complexity index is 329. The molecule has 0 aliphatic carbocycles. The van der Waals surface area contributed by atoms with Crippen molar-refractivity contribution in [3.63, 3.8) is 0 Å². The molecule has 0 atom stereocenters. The van der Waals surface area contributed by atoms with E-state index in [9.17, 15) is 0 Å². The molecule has 0 radical (unpaired) electrons. The fourth-order valence-corrected chi connectivity index (χ4v) is 3.16. The van der Waals surface area contributed by atoms with Gasteiger partial charge < -0.3 is 16.0 Å². The normalized spacial score (nSPS) is 18.6. The number of nitrogen functional groups attached to an aromatic ring is 1. The van der Waals surface area contributed by atoms with Gasteiger partial charge in [-0.05, 0) is 50.3 Å². The highest BCUT2D eigenvalue weighted by atomic mass is 32.1. The molecule has 0 unspecified atom stereocenters. The summed E-state index contributed by atoms with van der Waals surface area (Å²) in [4.78, 5) is 3.85. The van der Waals surface area contributed by atoms with Gasteiger partial charge in [0.05, 0.1) is 0 Å². The van der Waals surface area contributed by atoms with Crippen LogP contribution in [-0.2, 0) is 6.54 Å². The van der Waals surface area contributed by atoms with Crippen LogP contribution in [0.25, 0.3) is 0 Å². The van der Waals surface area contributed by atoms with E-state index >= 15 is 0 Å². The van der Waals surface area contributed by atoms with Crippen LogP contribution >= 0.6 is 11.3 Å². The molecule has 0 saturated carbocycles. The number of thiophene rings is 1. The van der Waals surface area contributed by atoms with Crippen molar-refractivity contribution < 1.29 is 0 Å². The lowest BCUT2D eigenvalue weighted by Crippen LogP contribution is -2.42. The second kappa shape index (κ2) is 6.38. The summed E-state index contributed by atoms with van der Waals surface area (Å²) in [7, 11) is 0. The lowest BCUT2D eigenvalue weighted by Gasteiger charge is -2.32. The highest BCUT2D eigenvalue weighted by molar-refractivity contribution is 7.10. The number of nitrogens with two attached hydrogens (primary N) is 1. The highest BCUT2D eigenvalue weighted by Gasteiger charge is 2.18. The Balaban J connectivity index is 1.70. The van der Waals surface area contributed by atoms with E-state index in [-0.39, 0.29) is 0 Å². The van der Waals surface area contributed by atoms with Crippen molar-refractivity contribution in [3.8, 4) is 0 Å². The average Bonchev–Trinajstić information content (AvgIpc) is 2.75. The molecule has 3 N–H and O–H groups in total. The van der Waals surface area contributed by atoms with E-state index in [2.05, 4.69) is 22.5 Å². The summed E-state index contributed by atoms with van der Waals surface area (Å²) in [6.07, 6.45) is 3.81. The molecule has 1 fully saturated rings. The van der Waals surface area contributed by atoms with Gasteiger partial charge in [-0.3, -0.25) is 0 Å². The van der Waals surface area contributed by atoms with Crippen molar-refractivity contribution in [2.24, 2.45) is 0 Å². The van der Waals surface area contributed by atoms with E-state index in [1.807, 2.05) is 6.07 Å². The Kier molecular flexibility index (Phi) is 4.83. The predicted molar refractivity (Wildman–Crippen MR) is 75.3 cm³/mol. The molecule has 1 aromatic rings. The molecule has 3 nitrogen and oxygen atoms in total. The molecule has 4 heteroatoms. The van der Waals surface area contributed by atoms with Crippen LogP contribution in [0.3, 0.4) is 0 Å². The zero-order valence-electron chi connectivity index (χ0n) is 10.6. The van der Waals surface area contributed by atoms with E-state index in [0.717, 1.165) is 12.2 Å². The van der Waals surface area contributed by atoms with E-state index in [4.69, 9.17) is 5.73 Å². The van der Waals surface area contributed by atoms with Crippen LogP contribution in [0.5, 0.6) is 0 Å². The first kappa shape index (κ1) is 12.9. The van der Waals surface area contributed by atoms with Gasteiger partial charge in [0, 0.05) is 23.2 Å². The first-order valence-corrected chi connectivity index (χ1v) is 7.45. The SMILES string of the molecule is CCCN1CCC(NCc2sccc2N)CC1. The van der Waals surface area contributed by atoms with Crippen LogP contribution < -0.4 is 11.1 Å². The van der Waals surface area contributed by atoms with Gasteiger partial charge in [0.2, 0.25) is 0 Å². The van der Waals surface area contributed by atoms with Gasteiger partial charge in [-0.2, -0.15) is 0 Å². The number of likely N-dealkylation sites (tertiary alicyclic amines) is 1. The second-order valence-electron chi connectivity index (χ2n) is 4.80. The van der Waals surface area contributed by atoms with Crippen LogP contribution in [0.4, 0.5) is 5.69 Å². The quantitative estimate of drug-likeness (QED) is 0.846. The predicted octanol–water partition coefficient (Wildman–Crippen LogP) is 2.29. The van der Waals surface area contributed by atoms with Crippen molar-refractivity contribution >= 4 is 17.0 Å². The summed E-state index contributed by atoms with van der Waals surface area (Å²) >= 11 is 1.75. The minimum Gasteiger partial charge on any atom is -0.398 e. The lowest BCUT2D eigenvalue weighted by atomic mass is 10.0. The molecule has 1 saturated heterocycles. The van der Waals surface area contributed by atoms with Gasteiger partial charge in [0.15, 0.2) is 0 Å². The van der Waals surface area contributed by atoms with Crippen LogP contribution in [-0.4, -0.2) is 30.6 Å². The first-order valence-electron chi connectivity index (χ1n) is 6.57. The highest BCUT2D eigenvalue weighted by Crippen LogP contribution is 2.19. The maximum absolute atomic E-state index is 5.88. The van der Waals surface area contributed by atoms with Gasteiger partial charge in [-0.1, -0.05) is 6.92 Å². The Morgan fingerprint density at radius 1 is 1.47 bits per heavy atom. The minimum absolute atomic E-state index is 0.671. The van der Waals surface area contributed by atoms with Crippen molar-refractivity contribution in [1.82, 2.24) is 10.2 Å². The molecule has 0 amide bonds. The monoisotopic (exact) mass is 253 g/mol. The Morgan fingerprint density at radius 2 is 2.24 bits per heavy atom. The number of anilines is 1. The number of piperidine rings is 1. The van der Waals surface area contributed by atoms with Gasteiger partial charge in [0.25, 0.3) is 0 Å². The Labute approximate surface area is 108 Å². The number of nitrogens with one attached hydrogen (secondary N) is 1. The molecular weight excluding hydrogens is 230 g/mol. The molecule has 0 spiro atoms. The van der Waals surface area contributed by atoms with Crippen molar-refractivity contribution in [2.75, 3.05) is 25.4 Å². The molecule has 1 aromatic heterocycles. The zero-order valence-corrected chi connectivity index (χ0v) is 11.4. The lowest BCUT2D eigenvalue weighted by molar-refractivity contribution is 0.198. The maximum atomic E-state index is 5.88. The second-order valence-corrected chi connectivity index (χ2v) is 5.80. The van der Waals surface area contributed by atoms with Crippen LogP contribution in [0.15, 0.2) is 11.4 Å². The van der Waals surface area contributed by atoms with Crippen molar-refractivity contribution in [2.45, 2.75) is 38.8 Å². The summed E-state index contributed by atoms with van der Waals surface area (Å²) in [6.45, 7) is 6.92. The van der Waals surface area contributed by atoms with E-state index in [1.165, 1.54) is 43.8 Å². The summed E-state index contributed by atoms with van der Waals surface area (Å²) in [5.41, 5.74) is 6.82. The summed E-state index contributed by atoms with van der Waals surface area (Å²) in [5, 5.41) is 5.70. The molecule has 96 valence electrons. The molecular formula is C13H23N3S. The minimum atomic E-state index is 0.671. The third-order valence-electron chi connectivity index (χ3n) is 3.46. The van der Waals surface area contributed by atoms with Crippen molar-refractivity contribution in [3.05, 3.63) is 16.3 Å². The van der Waals surface area contributed by atoms with Crippen molar-refractivity contribution in [1.29, 1.82) is 0 Å². The number of hydrogen-bond donors (Lipinski definition) is 2. The molecule has 0 aromatic carbocycles. The first-order chi connectivity index (χ1) is 8.29. The van der Waals surface area contributed by atoms with Crippen LogP contribution in [0, 0.1) is 0 Å². The summed E-state index contributed by atoms with van der Waals surface area (Å²) < 4.78 is 0. The van der Waals surface area contributed by atoms with Crippen LogP contribution in [0.2, 0.25) is 0 Å². The Hall–Kier alpha value is -0.580. The third kappa shape index (κ3) is 3.69. The maximum Gasteiger partial charge on any atom is 0.0468 e. The van der Waals surface area contributed by atoms with Gasteiger partial charge in [-0.15, -0.1) is 11.3 Å². The average molecular weight is 253 g/mol. The van der Waals surface area contributed by atoms with Gasteiger partial charge in [-0.25, -0.2) is 0 Å². The van der Waals surface area contributed by atoms with Gasteiger partial charge in [0.1, 0.15) is 0 Å². The van der Waals surface area contributed by atoms with E-state index < -0.39 is 0 Å². The molecule has 2 heterocycles. The molecule has 2 rings (SSSR count). The van der Waals surface area contributed by atoms with E-state index in [1.54, 1.807) is 11.3 Å². The largest absolute Gasteiger partial charge is 0.398 e. The molecule has 0 bridgehead atoms. The standard InChI is InChI=1S/C13H23N3S/c1-2-6-16-7-3-11(4-8-16)15-10-13-12(14)5-9-17-13/h5,9,11,15H,2-4,6-8,10,14H2,1H3. The smallest absolute Gasteiger partial charge is 0.0468 e. The fourth-order valence-electron chi connectivity index (χ4n) is 2.41. The zero-order chi connectivity index (χ0) is 12.1. The third-order valence-corrected chi connectivity index (χ3v) is 4.40. The fraction of sp³-hybridized carbons (Fsp3) is 0.692. The molecule has 17 heavy (non-hydrogen) atoms. The number of hydrogen-bond acceptors (Lipinski definition) is 4. The summed E-state index contributed by atoms with van der Waals surface area (Å²) in [5.74, 6) is 0. The summed E-state index contributed by atoms with van der Waals surface area (Å²) in [6, 6.07) is 2.66. The topological polar surface area (TPSA) is 41.3 Å². The number of nitrogens with zero attached hydrogens (tertiary/aromatic N) is 1. The molecule has 1 aliphatic rings. The van der Waals surface area contributed by atoms with Crippen LogP contribution in [0.1, 0.15) is 31.1 Å².